The van der Waals surface area contributed by atoms with Crippen LogP contribution in [0.25, 0.3) is 0 Å². The summed E-state index contributed by atoms with van der Waals surface area (Å²) in [5, 5.41) is 1.43. The van der Waals surface area contributed by atoms with Crippen LogP contribution < -0.4 is 4.74 Å². The first-order valence-corrected chi connectivity index (χ1v) is 9.34. The number of ether oxygens (including phenoxy) is 1. The van der Waals surface area contributed by atoms with Crippen molar-refractivity contribution in [3.8, 4) is 5.75 Å². The molecule has 0 N–H and O–H groups in total. The molecule has 1 aromatic carbocycles. The van der Waals surface area contributed by atoms with E-state index in [2.05, 4.69) is 11.8 Å². The van der Waals surface area contributed by atoms with Gasteiger partial charge in [0.1, 0.15) is 11.4 Å². The second-order valence-electron chi connectivity index (χ2n) is 7.58. The Kier molecular flexibility index (Phi) is 4.54. The lowest BCUT2D eigenvalue weighted by Gasteiger charge is -2.38. The number of thioether (sulfide) groups is 1. The molecule has 2 aliphatic heterocycles. The smallest absolute Gasteiger partial charge is 0.166 e. The van der Waals surface area contributed by atoms with Crippen LogP contribution in [-0.2, 0) is 0 Å². The van der Waals surface area contributed by atoms with Crippen molar-refractivity contribution in [3.05, 3.63) is 29.8 Å². The first kappa shape index (κ1) is 15.9. The third kappa shape index (κ3) is 3.87. The number of rotatable bonds is 3. The lowest BCUT2D eigenvalue weighted by atomic mass is 9.84. The van der Waals surface area contributed by atoms with Crippen molar-refractivity contribution < 1.29 is 9.53 Å². The molecule has 22 heavy (non-hydrogen) atoms. The Morgan fingerprint density at radius 3 is 2.23 bits per heavy atom. The van der Waals surface area contributed by atoms with Gasteiger partial charge in [-0.3, -0.25) is 4.79 Å². The van der Waals surface area contributed by atoms with Gasteiger partial charge in [-0.2, -0.15) is 11.8 Å². The fraction of sp³-hybridized carbons (Fsp3) is 0.632. The fourth-order valence-corrected chi connectivity index (χ4v) is 5.39. The Hall–Kier alpha value is -0.960. The van der Waals surface area contributed by atoms with Crippen molar-refractivity contribution in [2.24, 2.45) is 5.92 Å². The van der Waals surface area contributed by atoms with Gasteiger partial charge in [0.15, 0.2) is 5.78 Å². The minimum Gasteiger partial charge on any atom is -0.488 e. The van der Waals surface area contributed by atoms with E-state index in [1.165, 1.54) is 19.3 Å². The standard InChI is InChI=1S/C19H26O2S/c1-19(2,3)21-15-9-7-13(8-10-15)18(20)14-11-16-5-4-6-17(12-14)22-16/h7-10,14,16-17H,4-6,11-12H2,1-3H3. The molecule has 3 rings (SSSR count). The van der Waals surface area contributed by atoms with E-state index in [1.807, 2.05) is 45.0 Å². The Balaban J connectivity index is 1.67. The van der Waals surface area contributed by atoms with E-state index in [-0.39, 0.29) is 11.5 Å². The summed E-state index contributed by atoms with van der Waals surface area (Å²) in [5.74, 6) is 1.39. The molecule has 3 heteroatoms. The van der Waals surface area contributed by atoms with Crippen LogP contribution in [-0.4, -0.2) is 21.9 Å². The molecule has 2 unspecified atom stereocenters. The van der Waals surface area contributed by atoms with Crippen LogP contribution in [0.15, 0.2) is 24.3 Å². The quantitative estimate of drug-likeness (QED) is 0.724. The molecule has 0 amide bonds. The Morgan fingerprint density at radius 2 is 1.68 bits per heavy atom. The van der Waals surface area contributed by atoms with Gasteiger partial charge in [0.25, 0.3) is 0 Å². The molecule has 0 aliphatic carbocycles. The zero-order valence-corrected chi connectivity index (χ0v) is 14.6. The summed E-state index contributed by atoms with van der Waals surface area (Å²) in [7, 11) is 0. The normalized spacial score (nSPS) is 28.2. The Morgan fingerprint density at radius 1 is 1.09 bits per heavy atom. The van der Waals surface area contributed by atoms with Crippen LogP contribution in [0, 0.1) is 5.92 Å². The third-order valence-corrected chi connectivity index (χ3v) is 6.09. The van der Waals surface area contributed by atoms with Gasteiger partial charge >= 0.3 is 0 Å². The van der Waals surface area contributed by atoms with E-state index in [0.717, 1.165) is 24.2 Å². The maximum atomic E-state index is 12.8. The SMILES string of the molecule is CC(C)(C)Oc1ccc(C(=O)C2CC3CCCC(C2)S3)cc1. The average Bonchev–Trinajstić information content (AvgIpc) is 2.45. The lowest BCUT2D eigenvalue weighted by Crippen LogP contribution is -2.32. The highest BCUT2D eigenvalue weighted by Gasteiger charge is 2.35. The van der Waals surface area contributed by atoms with Crippen molar-refractivity contribution in [3.63, 3.8) is 0 Å². The lowest BCUT2D eigenvalue weighted by molar-refractivity contribution is 0.0896. The molecule has 2 nitrogen and oxygen atoms in total. The second-order valence-corrected chi connectivity index (χ2v) is 9.19. The molecule has 2 saturated heterocycles. The second kappa shape index (κ2) is 6.27. The highest BCUT2D eigenvalue weighted by molar-refractivity contribution is 8.00. The van der Waals surface area contributed by atoms with Crippen molar-refractivity contribution in [2.45, 2.75) is 69.0 Å². The number of carbonyl (C=O) groups excluding carboxylic acids is 1. The van der Waals surface area contributed by atoms with Gasteiger partial charge in [0, 0.05) is 22.0 Å². The van der Waals surface area contributed by atoms with E-state index < -0.39 is 0 Å². The van der Waals surface area contributed by atoms with Crippen molar-refractivity contribution in [2.75, 3.05) is 0 Å². The van der Waals surface area contributed by atoms with E-state index in [4.69, 9.17) is 4.74 Å². The van der Waals surface area contributed by atoms with Gasteiger partial charge in [0.05, 0.1) is 0 Å². The van der Waals surface area contributed by atoms with E-state index in [0.29, 0.717) is 16.3 Å². The predicted octanol–water partition coefficient (Wildman–Crippen LogP) is 5.11. The van der Waals surface area contributed by atoms with Gasteiger partial charge in [-0.1, -0.05) is 6.42 Å². The molecule has 0 radical (unpaired) electrons. The monoisotopic (exact) mass is 318 g/mol. The summed E-state index contributed by atoms with van der Waals surface area (Å²) in [6, 6.07) is 7.72. The van der Waals surface area contributed by atoms with E-state index in [1.54, 1.807) is 0 Å². The zero-order valence-electron chi connectivity index (χ0n) is 13.8. The van der Waals surface area contributed by atoms with E-state index >= 15 is 0 Å². The first-order chi connectivity index (χ1) is 10.4. The van der Waals surface area contributed by atoms with Crippen LogP contribution in [0.1, 0.15) is 63.2 Å². The first-order valence-electron chi connectivity index (χ1n) is 8.39. The molecule has 2 fully saturated rings. The molecular formula is C19H26O2S. The third-order valence-electron chi connectivity index (χ3n) is 4.47. The molecule has 2 atom stereocenters. The van der Waals surface area contributed by atoms with Gasteiger partial charge < -0.3 is 4.74 Å². The molecular weight excluding hydrogens is 292 g/mol. The maximum Gasteiger partial charge on any atom is 0.166 e. The largest absolute Gasteiger partial charge is 0.488 e. The molecule has 2 aliphatic rings. The fourth-order valence-electron chi connectivity index (χ4n) is 3.55. The summed E-state index contributed by atoms with van der Waals surface area (Å²) in [6.45, 7) is 6.10. The van der Waals surface area contributed by atoms with Gasteiger partial charge in [0.2, 0.25) is 0 Å². The highest BCUT2D eigenvalue weighted by Crippen LogP contribution is 2.44. The Bertz CT molecular complexity index is 517. The molecule has 2 heterocycles. The van der Waals surface area contributed by atoms with Crippen LogP contribution in [0.3, 0.4) is 0 Å². The molecule has 120 valence electrons. The number of Topliss-reactive ketones (excluding diaryl/α,β-unsaturated/α-hetero) is 1. The van der Waals surface area contributed by atoms with Gasteiger partial charge in [-0.15, -0.1) is 0 Å². The van der Waals surface area contributed by atoms with Crippen LogP contribution in [0.4, 0.5) is 0 Å². The molecule has 0 saturated carbocycles. The number of hydrogen-bond acceptors (Lipinski definition) is 3. The van der Waals surface area contributed by atoms with Crippen molar-refractivity contribution in [1.82, 2.24) is 0 Å². The summed E-state index contributed by atoms with van der Waals surface area (Å²) in [6.07, 6.45) is 6.08. The predicted molar refractivity (Wildman–Crippen MR) is 92.9 cm³/mol. The summed E-state index contributed by atoms with van der Waals surface area (Å²) in [4.78, 5) is 12.8. The number of ketones is 1. The minimum absolute atomic E-state index is 0.205. The van der Waals surface area contributed by atoms with Gasteiger partial charge in [-0.25, -0.2) is 0 Å². The average molecular weight is 318 g/mol. The maximum absolute atomic E-state index is 12.8. The summed E-state index contributed by atoms with van der Waals surface area (Å²) >= 11 is 2.13. The molecule has 2 bridgehead atoms. The minimum atomic E-state index is -0.205. The van der Waals surface area contributed by atoms with Crippen LogP contribution in [0.5, 0.6) is 5.75 Å². The number of benzene rings is 1. The zero-order chi connectivity index (χ0) is 15.7. The number of carbonyl (C=O) groups is 1. The van der Waals surface area contributed by atoms with E-state index in [9.17, 15) is 4.79 Å². The number of hydrogen-bond donors (Lipinski definition) is 0. The molecule has 1 aromatic rings. The van der Waals surface area contributed by atoms with Crippen molar-refractivity contribution >= 4 is 17.5 Å². The van der Waals surface area contributed by atoms with Gasteiger partial charge in [-0.05, 0) is 70.7 Å². The highest BCUT2D eigenvalue weighted by atomic mass is 32.2. The topological polar surface area (TPSA) is 26.3 Å². The van der Waals surface area contributed by atoms with Crippen LogP contribution >= 0.6 is 11.8 Å². The molecule has 0 aromatic heterocycles. The number of fused-ring (bicyclic) bond motifs is 2. The summed E-state index contributed by atoms with van der Waals surface area (Å²) in [5.41, 5.74) is 0.639. The summed E-state index contributed by atoms with van der Waals surface area (Å²) < 4.78 is 5.83. The Labute approximate surface area is 138 Å². The van der Waals surface area contributed by atoms with Crippen molar-refractivity contribution in [1.29, 1.82) is 0 Å². The molecule has 0 spiro atoms. The van der Waals surface area contributed by atoms with Crippen LogP contribution in [0.2, 0.25) is 0 Å².